The van der Waals surface area contributed by atoms with Crippen LogP contribution in [0.5, 0.6) is 0 Å². The summed E-state index contributed by atoms with van der Waals surface area (Å²) in [6, 6.07) is 4.97. The number of amides is 1. The SMILES string of the molecule is CN(C)CCCNCC(=O)Nc1cc(Cl)ccc1Cl. The number of rotatable bonds is 7. The summed E-state index contributed by atoms with van der Waals surface area (Å²) in [4.78, 5) is 13.8. The van der Waals surface area contributed by atoms with Crippen LogP contribution in [0.3, 0.4) is 0 Å². The molecule has 19 heavy (non-hydrogen) atoms. The zero-order valence-corrected chi connectivity index (χ0v) is 12.7. The molecule has 1 rings (SSSR count). The van der Waals surface area contributed by atoms with E-state index in [9.17, 15) is 4.79 Å². The monoisotopic (exact) mass is 303 g/mol. The van der Waals surface area contributed by atoms with Gasteiger partial charge in [-0.05, 0) is 51.8 Å². The zero-order chi connectivity index (χ0) is 14.3. The van der Waals surface area contributed by atoms with Crippen molar-refractivity contribution in [1.82, 2.24) is 10.2 Å². The normalized spacial score (nSPS) is 10.8. The van der Waals surface area contributed by atoms with Gasteiger partial charge in [0.2, 0.25) is 5.91 Å². The molecule has 0 aliphatic rings. The molecule has 0 fully saturated rings. The highest BCUT2D eigenvalue weighted by atomic mass is 35.5. The van der Waals surface area contributed by atoms with Gasteiger partial charge in [-0.1, -0.05) is 23.2 Å². The van der Waals surface area contributed by atoms with Gasteiger partial charge >= 0.3 is 0 Å². The third-order valence-electron chi connectivity index (χ3n) is 2.45. The quantitative estimate of drug-likeness (QED) is 0.761. The number of benzene rings is 1. The maximum Gasteiger partial charge on any atom is 0.238 e. The van der Waals surface area contributed by atoms with Crippen molar-refractivity contribution in [2.75, 3.05) is 39.0 Å². The van der Waals surface area contributed by atoms with E-state index in [2.05, 4.69) is 15.5 Å². The molecule has 0 saturated carbocycles. The molecule has 0 aliphatic heterocycles. The highest BCUT2D eigenvalue weighted by Gasteiger charge is 2.06. The molecule has 1 aromatic carbocycles. The second-order valence-corrected chi connectivity index (χ2v) is 5.35. The lowest BCUT2D eigenvalue weighted by Gasteiger charge is -2.10. The molecule has 0 unspecified atom stereocenters. The Kier molecular flexibility index (Phi) is 7.16. The van der Waals surface area contributed by atoms with E-state index in [-0.39, 0.29) is 12.5 Å². The summed E-state index contributed by atoms with van der Waals surface area (Å²) in [6.45, 7) is 2.06. The van der Waals surface area contributed by atoms with E-state index in [1.807, 2.05) is 14.1 Å². The summed E-state index contributed by atoms with van der Waals surface area (Å²) in [7, 11) is 4.04. The molecule has 0 aromatic heterocycles. The van der Waals surface area contributed by atoms with Crippen molar-refractivity contribution in [3.63, 3.8) is 0 Å². The van der Waals surface area contributed by atoms with Crippen LogP contribution in [-0.4, -0.2) is 44.5 Å². The van der Waals surface area contributed by atoms with Gasteiger partial charge in [-0.15, -0.1) is 0 Å². The smallest absolute Gasteiger partial charge is 0.238 e. The number of nitrogens with one attached hydrogen (secondary N) is 2. The van der Waals surface area contributed by atoms with Gasteiger partial charge in [0.05, 0.1) is 17.3 Å². The van der Waals surface area contributed by atoms with Gasteiger partial charge in [-0.3, -0.25) is 4.79 Å². The number of carbonyl (C=O) groups excluding carboxylic acids is 1. The van der Waals surface area contributed by atoms with Crippen LogP contribution in [0.15, 0.2) is 18.2 Å². The van der Waals surface area contributed by atoms with E-state index in [1.54, 1.807) is 18.2 Å². The lowest BCUT2D eigenvalue weighted by Crippen LogP contribution is -2.30. The summed E-state index contributed by atoms with van der Waals surface area (Å²) >= 11 is 11.8. The van der Waals surface area contributed by atoms with Crippen molar-refractivity contribution in [3.8, 4) is 0 Å². The largest absolute Gasteiger partial charge is 0.324 e. The molecule has 0 aliphatic carbocycles. The summed E-state index contributed by atoms with van der Waals surface area (Å²) in [5.41, 5.74) is 0.536. The highest BCUT2D eigenvalue weighted by molar-refractivity contribution is 6.35. The van der Waals surface area contributed by atoms with E-state index in [1.165, 1.54) is 0 Å². The number of carbonyl (C=O) groups is 1. The molecule has 0 saturated heterocycles. The summed E-state index contributed by atoms with van der Waals surface area (Å²) in [5.74, 6) is -0.131. The standard InChI is InChI=1S/C13H19Cl2N3O/c1-18(2)7-3-6-16-9-13(19)17-12-8-10(14)4-5-11(12)15/h4-5,8,16H,3,6-7,9H2,1-2H3,(H,17,19). The average Bonchev–Trinajstić information content (AvgIpc) is 2.33. The Morgan fingerprint density at radius 3 is 2.74 bits per heavy atom. The Balaban J connectivity index is 2.29. The minimum absolute atomic E-state index is 0.131. The van der Waals surface area contributed by atoms with Crippen molar-refractivity contribution >= 4 is 34.8 Å². The maximum atomic E-state index is 11.7. The van der Waals surface area contributed by atoms with Gasteiger partial charge in [0.15, 0.2) is 0 Å². The highest BCUT2D eigenvalue weighted by Crippen LogP contribution is 2.25. The molecule has 6 heteroatoms. The minimum atomic E-state index is -0.131. The number of hydrogen-bond donors (Lipinski definition) is 2. The molecule has 2 N–H and O–H groups in total. The topological polar surface area (TPSA) is 44.4 Å². The first-order valence-electron chi connectivity index (χ1n) is 6.09. The Hall–Kier alpha value is -0.810. The van der Waals surface area contributed by atoms with Crippen LogP contribution < -0.4 is 10.6 Å². The van der Waals surface area contributed by atoms with Gasteiger partial charge in [-0.2, -0.15) is 0 Å². The van der Waals surface area contributed by atoms with Crippen molar-refractivity contribution in [2.24, 2.45) is 0 Å². The number of nitrogens with zero attached hydrogens (tertiary/aromatic N) is 1. The molecule has 106 valence electrons. The van der Waals surface area contributed by atoms with Crippen LogP contribution in [0.25, 0.3) is 0 Å². The van der Waals surface area contributed by atoms with Crippen molar-refractivity contribution in [2.45, 2.75) is 6.42 Å². The Bertz CT molecular complexity index is 424. The first-order chi connectivity index (χ1) is 8.99. The molecule has 0 radical (unpaired) electrons. The van der Waals surface area contributed by atoms with E-state index in [0.717, 1.165) is 19.5 Å². The number of halogens is 2. The number of hydrogen-bond acceptors (Lipinski definition) is 3. The molecule has 4 nitrogen and oxygen atoms in total. The lowest BCUT2D eigenvalue weighted by atomic mass is 10.3. The van der Waals surface area contributed by atoms with Gasteiger partial charge in [0, 0.05) is 5.02 Å². The second-order valence-electron chi connectivity index (χ2n) is 4.51. The zero-order valence-electron chi connectivity index (χ0n) is 11.2. The van der Waals surface area contributed by atoms with Crippen molar-refractivity contribution < 1.29 is 4.79 Å². The second kappa shape index (κ2) is 8.38. The molecule has 0 bridgehead atoms. The molecule has 0 atom stereocenters. The molecule has 1 amide bonds. The first kappa shape index (κ1) is 16.2. The van der Waals surface area contributed by atoms with Crippen molar-refractivity contribution in [1.29, 1.82) is 0 Å². The van der Waals surface area contributed by atoms with Crippen molar-refractivity contribution in [3.05, 3.63) is 28.2 Å². The third kappa shape index (κ3) is 6.78. The molecular formula is C13H19Cl2N3O. The predicted octanol–water partition coefficient (Wildman–Crippen LogP) is 2.47. The van der Waals surface area contributed by atoms with Gasteiger partial charge < -0.3 is 15.5 Å². The molecule has 0 spiro atoms. The first-order valence-corrected chi connectivity index (χ1v) is 6.85. The maximum absolute atomic E-state index is 11.7. The van der Waals surface area contributed by atoms with Gasteiger partial charge in [0.25, 0.3) is 0 Å². The van der Waals surface area contributed by atoms with E-state index >= 15 is 0 Å². The van der Waals surface area contributed by atoms with Crippen LogP contribution in [0.2, 0.25) is 10.0 Å². The van der Waals surface area contributed by atoms with Gasteiger partial charge in [0.1, 0.15) is 0 Å². The van der Waals surface area contributed by atoms with E-state index in [4.69, 9.17) is 23.2 Å². The Morgan fingerprint density at radius 2 is 2.05 bits per heavy atom. The fraction of sp³-hybridized carbons (Fsp3) is 0.462. The fourth-order valence-corrected chi connectivity index (χ4v) is 1.85. The van der Waals surface area contributed by atoms with E-state index < -0.39 is 0 Å². The molecular weight excluding hydrogens is 285 g/mol. The molecule has 0 heterocycles. The predicted molar refractivity (Wildman–Crippen MR) is 81.1 cm³/mol. The van der Waals surface area contributed by atoms with Crippen LogP contribution in [0, 0.1) is 0 Å². The minimum Gasteiger partial charge on any atom is -0.324 e. The van der Waals surface area contributed by atoms with Gasteiger partial charge in [-0.25, -0.2) is 0 Å². The third-order valence-corrected chi connectivity index (χ3v) is 3.01. The van der Waals surface area contributed by atoms with Crippen LogP contribution in [0.1, 0.15) is 6.42 Å². The lowest BCUT2D eigenvalue weighted by molar-refractivity contribution is -0.115. The summed E-state index contributed by atoms with van der Waals surface area (Å²) in [5, 5.41) is 6.82. The van der Waals surface area contributed by atoms with E-state index in [0.29, 0.717) is 15.7 Å². The average molecular weight is 304 g/mol. The van der Waals surface area contributed by atoms with Crippen LogP contribution >= 0.6 is 23.2 Å². The summed E-state index contributed by atoms with van der Waals surface area (Å²) in [6.07, 6.45) is 0.998. The Labute approximate surface area is 124 Å². The number of anilines is 1. The van der Waals surface area contributed by atoms with Crippen LogP contribution in [0.4, 0.5) is 5.69 Å². The molecule has 1 aromatic rings. The van der Waals surface area contributed by atoms with Crippen LogP contribution in [-0.2, 0) is 4.79 Å². The fourth-order valence-electron chi connectivity index (χ4n) is 1.51. The Morgan fingerprint density at radius 1 is 1.32 bits per heavy atom. The summed E-state index contributed by atoms with van der Waals surface area (Å²) < 4.78 is 0.